The van der Waals surface area contributed by atoms with E-state index in [-0.39, 0.29) is 0 Å². The lowest BCUT2D eigenvalue weighted by Crippen LogP contribution is -2.18. The largest absolute Gasteiger partial charge is 0.306 e. The molecule has 3 heteroatoms. The van der Waals surface area contributed by atoms with Gasteiger partial charge in [-0.05, 0) is 48.7 Å². The molecule has 100 valence electrons. The fourth-order valence-corrected chi connectivity index (χ4v) is 2.44. The molecule has 0 aliphatic heterocycles. The van der Waals surface area contributed by atoms with E-state index in [4.69, 9.17) is 11.6 Å². The van der Waals surface area contributed by atoms with Crippen LogP contribution in [0.5, 0.6) is 0 Å². The van der Waals surface area contributed by atoms with E-state index in [1.54, 1.807) is 0 Å². The molecule has 0 amide bonds. The Bertz CT molecular complexity index is 551. The molecule has 0 fully saturated rings. The van der Waals surface area contributed by atoms with Crippen molar-refractivity contribution in [2.24, 2.45) is 0 Å². The maximum Gasteiger partial charge on any atom is 0.0406 e. The summed E-state index contributed by atoms with van der Waals surface area (Å²) in [6.07, 6.45) is 0. The van der Waals surface area contributed by atoms with Crippen molar-refractivity contribution >= 4 is 27.5 Å². The van der Waals surface area contributed by atoms with Crippen LogP contribution in [0.25, 0.3) is 0 Å². The van der Waals surface area contributed by atoms with Gasteiger partial charge in [0, 0.05) is 22.1 Å². The molecule has 0 bridgehead atoms. The molecule has 0 aromatic heterocycles. The predicted octanol–water partition coefficient (Wildman–Crippen LogP) is 5.26. The summed E-state index contributed by atoms with van der Waals surface area (Å²) in [5.74, 6) is 0. The van der Waals surface area contributed by atoms with E-state index >= 15 is 0 Å². The summed E-state index contributed by atoms with van der Waals surface area (Å²) in [6.45, 7) is 5.10. The minimum atomic E-state index is 0.303. The maximum absolute atomic E-state index is 5.90. The highest BCUT2D eigenvalue weighted by Crippen LogP contribution is 2.19. The molecule has 19 heavy (non-hydrogen) atoms. The number of hydrogen-bond donors (Lipinski definition) is 1. The Morgan fingerprint density at radius 1 is 1.16 bits per heavy atom. The summed E-state index contributed by atoms with van der Waals surface area (Å²) < 4.78 is 1.16. The van der Waals surface area contributed by atoms with Crippen molar-refractivity contribution < 1.29 is 0 Å². The van der Waals surface area contributed by atoms with Gasteiger partial charge in [0.2, 0.25) is 0 Å². The third kappa shape index (κ3) is 4.07. The van der Waals surface area contributed by atoms with Crippen molar-refractivity contribution in [2.45, 2.75) is 26.4 Å². The van der Waals surface area contributed by atoms with E-state index < -0.39 is 0 Å². The van der Waals surface area contributed by atoms with Gasteiger partial charge in [-0.15, -0.1) is 0 Å². The van der Waals surface area contributed by atoms with Crippen LogP contribution in [0.15, 0.2) is 46.9 Å². The Kier molecular flexibility index (Phi) is 5.03. The minimum absolute atomic E-state index is 0.303. The smallest absolute Gasteiger partial charge is 0.0406 e. The van der Waals surface area contributed by atoms with Crippen LogP contribution in [0.1, 0.15) is 29.7 Å². The third-order valence-corrected chi connectivity index (χ3v) is 4.32. The number of aryl methyl sites for hydroxylation is 1. The zero-order chi connectivity index (χ0) is 13.8. The first-order valence-corrected chi connectivity index (χ1v) is 7.47. The summed E-state index contributed by atoms with van der Waals surface area (Å²) in [6, 6.07) is 14.7. The summed E-state index contributed by atoms with van der Waals surface area (Å²) in [7, 11) is 0. The molecule has 0 aliphatic carbocycles. The second-order valence-electron chi connectivity index (χ2n) is 4.74. The van der Waals surface area contributed by atoms with Crippen LogP contribution in [0.3, 0.4) is 0 Å². The Balaban J connectivity index is 1.98. The molecule has 1 unspecified atom stereocenters. The lowest BCUT2D eigenvalue weighted by Gasteiger charge is -2.15. The topological polar surface area (TPSA) is 12.0 Å². The Labute approximate surface area is 128 Å². The van der Waals surface area contributed by atoms with E-state index in [1.807, 2.05) is 12.1 Å². The maximum atomic E-state index is 5.90. The molecule has 2 aromatic carbocycles. The number of halogens is 2. The molecule has 0 spiro atoms. The highest BCUT2D eigenvalue weighted by Gasteiger charge is 2.05. The number of rotatable bonds is 4. The van der Waals surface area contributed by atoms with Crippen LogP contribution >= 0.6 is 27.5 Å². The fourth-order valence-electron chi connectivity index (χ4n) is 1.89. The third-order valence-electron chi connectivity index (χ3n) is 3.22. The average molecular weight is 339 g/mol. The molecule has 0 heterocycles. The van der Waals surface area contributed by atoms with Crippen molar-refractivity contribution in [1.29, 1.82) is 0 Å². The zero-order valence-electron chi connectivity index (χ0n) is 11.1. The second-order valence-corrected chi connectivity index (χ2v) is 6.03. The van der Waals surface area contributed by atoms with Crippen molar-refractivity contribution in [2.75, 3.05) is 0 Å². The lowest BCUT2D eigenvalue weighted by atomic mass is 10.1. The predicted molar refractivity (Wildman–Crippen MR) is 85.6 cm³/mol. The van der Waals surface area contributed by atoms with Gasteiger partial charge in [0.25, 0.3) is 0 Å². The lowest BCUT2D eigenvalue weighted by molar-refractivity contribution is 0.574. The molecular weight excluding hydrogens is 322 g/mol. The normalized spacial score (nSPS) is 12.4. The highest BCUT2D eigenvalue weighted by atomic mass is 79.9. The Morgan fingerprint density at radius 3 is 2.47 bits per heavy atom. The molecule has 2 rings (SSSR count). The zero-order valence-corrected chi connectivity index (χ0v) is 13.4. The van der Waals surface area contributed by atoms with E-state index in [9.17, 15) is 0 Å². The van der Waals surface area contributed by atoms with Gasteiger partial charge in [0.15, 0.2) is 0 Å². The summed E-state index contributed by atoms with van der Waals surface area (Å²) >= 11 is 9.46. The van der Waals surface area contributed by atoms with Crippen molar-refractivity contribution in [3.63, 3.8) is 0 Å². The molecule has 0 aliphatic rings. The van der Waals surface area contributed by atoms with Gasteiger partial charge >= 0.3 is 0 Å². The van der Waals surface area contributed by atoms with Crippen LogP contribution < -0.4 is 5.32 Å². The van der Waals surface area contributed by atoms with E-state index in [1.165, 1.54) is 16.7 Å². The van der Waals surface area contributed by atoms with Gasteiger partial charge in [-0.2, -0.15) is 0 Å². The molecule has 0 saturated heterocycles. The van der Waals surface area contributed by atoms with Crippen LogP contribution in [0.2, 0.25) is 5.02 Å². The SMILES string of the molecule is Cc1ccc(CNC(C)c2ccc(Cl)cc2)cc1Br. The summed E-state index contributed by atoms with van der Waals surface area (Å²) in [5.41, 5.74) is 3.78. The second kappa shape index (κ2) is 6.56. The first-order chi connectivity index (χ1) is 9.06. The minimum Gasteiger partial charge on any atom is -0.306 e. The molecule has 0 radical (unpaired) electrons. The molecule has 1 nitrogen and oxygen atoms in total. The Morgan fingerprint density at radius 2 is 1.84 bits per heavy atom. The quantitative estimate of drug-likeness (QED) is 0.801. The van der Waals surface area contributed by atoms with E-state index in [0.717, 1.165) is 16.0 Å². The average Bonchev–Trinajstić information content (AvgIpc) is 2.40. The summed E-state index contributed by atoms with van der Waals surface area (Å²) in [4.78, 5) is 0. The van der Waals surface area contributed by atoms with Gasteiger partial charge in [-0.25, -0.2) is 0 Å². The van der Waals surface area contributed by atoms with E-state index in [0.29, 0.717) is 6.04 Å². The number of hydrogen-bond acceptors (Lipinski definition) is 1. The molecule has 1 N–H and O–H groups in total. The fraction of sp³-hybridized carbons (Fsp3) is 0.250. The molecule has 2 aromatic rings. The molecule has 1 atom stereocenters. The van der Waals surface area contributed by atoms with Gasteiger partial charge < -0.3 is 5.32 Å². The van der Waals surface area contributed by atoms with E-state index in [2.05, 4.69) is 65.4 Å². The van der Waals surface area contributed by atoms with Crippen molar-refractivity contribution in [3.8, 4) is 0 Å². The van der Waals surface area contributed by atoms with Crippen LogP contribution in [-0.2, 0) is 6.54 Å². The van der Waals surface area contributed by atoms with Gasteiger partial charge in [-0.3, -0.25) is 0 Å². The summed E-state index contributed by atoms with van der Waals surface area (Å²) in [5, 5.41) is 4.29. The standard InChI is InChI=1S/C16H17BrClN/c1-11-3-4-13(9-16(11)17)10-19-12(2)14-5-7-15(18)8-6-14/h3-9,12,19H,10H2,1-2H3. The van der Waals surface area contributed by atoms with Crippen LogP contribution in [0, 0.1) is 6.92 Å². The van der Waals surface area contributed by atoms with Crippen molar-refractivity contribution in [3.05, 3.63) is 68.7 Å². The van der Waals surface area contributed by atoms with Crippen LogP contribution in [0.4, 0.5) is 0 Å². The first kappa shape index (κ1) is 14.6. The molecular formula is C16H17BrClN. The van der Waals surface area contributed by atoms with Gasteiger partial charge in [-0.1, -0.05) is 51.8 Å². The highest BCUT2D eigenvalue weighted by molar-refractivity contribution is 9.10. The first-order valence-electron chi connectivity index (χ1n) is 6.30. The van der Waals surface area contributed by atoms with Crippen molar-refractivity contribution in [1.82, 2.24) is 5.32 Å². The monoisotopic (exact) mass is 337 g/mol. The molecule has 0 saturated carbocycles. The van der Waals surface area contributed by atoms with Crippen LogP contribution in [-0.4, -0.2) is 0 Å². The number of benzene rings is 2. The number of nitrogens with one attached hydrogen (secondary N) is 1. The van der Waals surface area contributed by atoms with Gasteiger partial charge in [0.1, 0.15) is 0 Å². The Hall–Kier alpha value is -0.830. The van der Waals surface area contributed by atoms with Gasteiger partial charge in [0.05, 0.1) is 0 Å².